The lowest BCUT2D eigenvalue weighted by Gasteiger charge is -2.15. The van der Waals surface area contributed by atoms with Crippen LogP contribution in [-0.2, 0) is 0 Å². The van der Waals surface area contributed by atoms with E-state index in [1.54, 1.807) is 0 Å². The van der Waals surface area contributed by atoms with Crippen molar-refractivity contribution in [3.05, 3.63) is 242 Å². The number of benzene rings is 7. The molecule has 0 amide bonds. The van der Waals surface area contributed by atoms with Crippen LogP contribution in [0.15, 0.2) is 235 Å². The van der Waals surface area contributed by atoms with Crippen molar-refractivity contribution in [2.24, 2.45) is 9.98 Å². The number of nitrogens with zero attached hydrogens (tertiary/aromatic N) is 5. The summed E-state index contributed by atoms with van der Waals surface area (Å²) >= 11 is 0. The highest BCUT2D eigenvalue weighted by molar-refractivity contribution is 6.12. The molecule has 0 bridgehead atoms. The highest BCUT2D eigenvalue weighted by Gasteiger charge is 2.16. The monoisotopic (exact) mass is 783 g/mol. The highest BCUT2D eigenvalue weighted by atomic mass is 14.9. The number of aliphatic imine (C=N–C) groups is 2. The second kappa shape index (κ2) is 17.8. The van der Waals surface area contributed by atoms with Gasteiger partial charge in [0.05, 0.1) is 28.5 Å². The van der Waals surface area contributed by atoms with E-state index < -0.39 is 0 Å². The van der Waals surface area contributed by atoms with Crippen LogP contribution in [0.1, 0.15) is 23.6 Å². The first-order chi connectivity index (χ1) is 30.0. The quantitative estimate of drug-likeness (QED) is 0.102. The number of rotatable bonds is 10. The molecule has 0 radical (unpaired) electrons. The van der Waals surface area contributed by atoms with Crippen LogP contribution in [0.4, 0.5) is 0 Å². The van der Waals surface area contributed by atoms with E-state index in [4.69, 9.17) is 24.9 Å². The molecule has 0 aliphatic carbocycles. The van der Waals surface area contributed by atoms with E-state index in [-0.39, 0.29) is 0 Å². The van der Waals surface area contributed by atoms with E-state index in [0.717, 1.165) is 84.1 Å². The van der Waals surface area contributed by atoms with Crippen LogP contribution in [-0.4, -0.2) is 26.5 Å². The second-order valence-corrected chi connectivity index (χ2v) is 14.7. The zero-order chi connectivity index (χ0) is 41.4. The fraction of sp³-hybridized carbons (Fsp3) is 0.0179. The van der Waals surface area contributed by atoms with Gasteiger partial charge < -0.3 is 0 Å². The largest absolute Gasteiger partial charge is 0.248 e. The van der Waals surface area contributed by atoms with Crippen molar-refractivity contribution in [1.29, 1.82) is 0 Å². The predicted molar refractivity (Wildman–Crippen MR) is 253 cm³/mol. The summed E-state index contributed by atoms with van der Waals surface area (Å²) in [5.74, 6) is 1.21. The molecule has 0 saturated carbocycles. The maximum Gasteiger partial charge on any atom is 0.160 e. The van der Waals surface area contributed by atoms with Crippen molar-refractivity contribution < 1.29 is 0 Å². The molecule has 9 rings (SSSR count). The second-order valence-electron chi connectivity index (χ2n) is 14.7. The third kappa shape index (κ3) is 8.97. The Balaban J connectivity index is 1.27. The molecule has 2 heterocycles. The summed E-state index contributed by atoms with van der Waals surface area (Å²) in [6, 6.07) is 74.0. The molecule has 0 unspecified atom stereocenters. The summed E-state index contributed by atoms with van der Waals surface area (Å²) in [7, 11) is 0. The Morgan fingerprint density at radius 1 is 0.344 bits per heavy atom. The first-order valence-corrected chi connectivity index (χ1v) is 20.3. The molecule has 0 aliphatic rings. The Bertz CT molecular complexity index is 2740. The summed E-state index contributed by atoms with van der Waals surface area (Å²) in [5.41, 5.74) is 14.3. The Morgan fingerprint density at radius 2 is 0.738 bits per heavy atom. The summed E-state index contributed by atoms with van der Waals surface area (Å²) < 4.78 is 0. The van der Waals surface area contributed by atoms with Gasteiger partial charge in [-0.15, -0.1) is 0 Å². The van der Waals surface area contributed by atoms with Crippen LogP contribution >= 0.6 is 0 Å². The van der Waals surface area contributed by atoms with Gasteiger partial charge in [0.15, 0.2) is 11.7 Å². The van der Waals surface area contributed by atoms with Gasteiger partial charge in [0, 0.05) is 44.7 Å². The van der Waals surface area contributed by atoms with Gasteiger partial charge in [0.2, 0.25) is 0 Å². The minimum absolute atomic E-state index is 0.563. The molecule has 0 saturated heterocycles. The SMILES string of the molecule is C=C(N=C(N=C(C)c1ccccc1)c1ccccc1)c1cc(-c2cc(-c3ccccc3)nc(-c3ccccc3)c2)cc(-c2cc(-c3ccccc3)nc(-c3ccccc3)n2)c1. The van der Waals surface area contributed by atoms with Gasteiger partial charge >= 0.3 is 0 Å². The maximum absolute atomic E-state index is 5.24. The third-order valence-corrected chi connectivity index (χ3v) is 10.4. The molecule has 61 heavy (non-hydrogen) atoms. The van der Waals surface area contributed by atoms with Gasteiger partial charge in [0.1, 0.15) is 0 Å². The van der Waals surface area contributed by atoms with Gasteiger partial charge in [0.25, 0.3) is 0 Å². The first kappa shape index (κ1) is 38.4. The van der Waals surface area contributed by atoms with Crippen molar-refractivity contribution >= 4 is 17.2 Å². The number of hydrogen-bond acceptors (Lipinski definition) is 4. The topological polar surface area (TPSA) is 63.4 Å². The zero-order valence-electron chi connectivity index (χ0n) is 33.7. The Hall–Kier alpha value is -8.15. The lowest BCUT2D eigenvalue weighted by atomic mass is 9.94. The molecular formula is C56H41N5. The summed E-state index contributed by atoms with van der Waals surface area (Å²) in [6.07, 6.45) is 0. The molecule has 0 N–H and O–H groups in total. The summed E-state index contributed by atoms with van der Waals surface area (Å²) in [5, 5.41) is 0. The van der Waals surface area contributed by atoms with Crippen LogP contribution < -0.4 is 0 Å². The van der Waals surface area contributed by atoms with Crippen LogP contribution in [0, 0.1) is 0 Å². The molecule has 9 aromatic rings. The third-order valence-electron chi connectivity index (χ3n) is 10.4. The van der Waals surface area contributed by atoms with Gasteiger partial charge in [-0.2, -0.15) is 0 Å². The average Bonchev–Trinajstić information content (AvgIpc) is 3.35. The lowest BCUT2D eigenvalue weighted by molar-refractivity contribution is 1.18. The summed E-state index contributed by atoms with van der Waals surface area (Å²) in [6.45, 7) is 6.61. The minimum atomic E-state index is 0.563. The molecule has 0 fully saturated rings. The highest BCUT2D eigenvalue weighted by Crippen LogP contribution is 2.36. The predicted octanol–water partition coefficient (Wildman–Crippen LogP) is 13.8. The molecule has 0 atom stereocenters. The first-order valence-electron chi connectivity index (χ1n) is 20.3. The maximum atomic E-state index is 5.24. The number of amidine groups is 1. The number of aromatic nitrogens is 3. The normalized spacial score (nSPS) is 11.6. The Labute approximate surface area is 356 Å². The van der Waals surface area contributed by atoms with Gasteiger partial charge in [-0.3, -0.25) is 0 Å². The Kier molecular flexibility index (Phi) is 11.2. The van der Waals surface area contributed by atoms with E-state index in [1.165, 1.54) is 0 Å². The summed E-state index contributed by atoms with van der Waals surface area (Å²) in [4.78, 5) is 25.8. The van der Waals surface area contributed by atoms with E-state index >= 15 is 0 Å². The van der Waals surface area contributed by atoms with Gasteiger partial charge in [-0.1, -0.05) is 189 Å². The minimum Gasteiger partial charge on any atom is -0.248 e. The molecule has 290 valence electrons. The lowest BCUT2D eigenvalue weighted by Crippen LogP contribution is -2.04. The molecule has 0 aliphatic heterocycles. The number of pyridine rings is 1. The zero-order valence-corrected chi connectivity index (χ0v) is 33.7. The van der Waals surface area contributed by atoms with E-state index in [1.807, 2.05) is 140 Å². The average molecular weight is 784 g/mol. The van der Waals surface area contributed by atoms with Crippen molar-refractivity contribution in [3.63, 3.8) is 0 Å². The van der Waals surface area contributed by atoms with Gasteiger partial charge in [-0.05, 0) is 60.0 Å². The van der Waals surface area contributed by atoms with E-state index in [2.05, 4.69) is 91.5 Å². The Morgan fingerprint density at radius 3 is 1.25 bits per heavy atom. The van der Waals surface area contributed by atoms with Crippen molar-refractivity contribution in [3.8, 4) is 67.5 Å². The molecule has 5 nitrogen and oxygen atoms in total. The van der Waals surface area contributed by atoms with Crippen LogP contribution in [0.25, 0.3) is 73.2 Å². The van der Waals surface area contributed by atoms with Gasteiger partial charge in [-0.25, -0.2) is 24.9 Å². The van der Waals surface area contributed by atoms with Crippen LogP contribution in [0.2, 0.25) is 0 Å². The standard InChI is InChI=1S/C56H41N5/c1-39(41-21-9-3-10-22-41)57-55(45-29-17-7-18-30-45)58-40(2)47-33-48(49-36-51(42-23-11-4-12-24-42)59-52(37-49)43-25-13-5-14-26-43)35-50(34-47)54-38-53(44-27-15-6-16-28-44)60-56(61-54)46-31-19-8-20-32-46/h3-38H,2H2,1H3. The van der Waals surface area contributed by atoms with Crippen molar-refractivity contribution in [1.82, 2.24) is 15.0 Å². The van der Waals surface area contributed by atoms with E-state index in [9.17, 15) is 0 Å². The molecule has 0 spiro atoms. The molecular weight excluding hydrogens is 743 g/mol. The number of hydrogen-bond donors (Lipinski definition) is 0. The molecule has 5 heteroatoms. The van der Waals surface area contributed by atoms with Crippen LogP contribution in [0.3, 0.4) is 0 Å². The van der Waals surface area contributed by atoms with Crippen LogP contribution in [0.5, 0.6) is 0 Å². The smallest absolute Gasteiger partial charge is 0.160 e. The van der Waals surface area contributed by atoms with E-state index in [0.29, 0.717) is 17.4 Å². The molecule has 2 aromatic heterocycles. The van der Waals surface area contributed by atoms with Crippen molar-refractivity contribution in [2.75, 3.05) is 0 Å². The fourth-order valence-corrected chi connectivity index (χ4v) is 7.22. The molecule has 7 aromatic carbocycles. The fourth-order valence-electron chi connectivity index (χ4n) is 7.22. The van der Waals surface area contributed by atoms with Crippen molar-refractivity contribution in [2.45, 2.75) is 6.92 Å².